The zero-order valence-corrected chi connectivity index (χ0v) is 15.6. The molecule has 0 radical (unpaired) electrons. The summed E-state index contributed by atoms with van der Waals surface area (Å²) in [4.78, 5) is 12.2. The van der Waals surface area contributed by atoms with Crippen molar-refractivity contribution in [1.29, 1.82) is 0 Å². The summed E-state index contributed by atoms with van der Waals surface area (Å²) in [5.41, 5.74) is 6.69. The molecule has 0 bridgehead atoms. The molecule has 0 spiro atoms. The van der Waals surface area contributed by atoms with E-state index in [9.17, 15) is 13.2 Å². The average Bonchev–Trinajstić information content (AvgIpc) is 3.01. The van der Waals surface area contributed by atoms with Crippen LogP contribution in [0.2, 0.25) is 0 Å². The van der Waals surface area contributed by atoms with Crippen LogP contribution in [0.5, 0.6) is 11.5 Å². The largest absolute Gasteiger partial charge is 0.457 e. The van der Waals surface area contributed by atoms with Crippen molar-refractivity contribution in [3.05, 3.63) is 48.5 Å². The standard InChI is InChI=1S/C19H23N3O4S/c20-18-3-1-2-13(18)12-19(23)22-14-4-6-15(7-5-14)26-16-8-10-17(11-9-16)27(21,24)25/h4-11,13,18H,1-3,12,20H2,(H,22,23)(H2,21,24,25)/t13-,18+/m0/s1. The lowest BCUT2D eigenvalue weighted by molar-refractivity contribution is -0.117. The molecule has 27 heavy (non-hydrogen) atoms. The van der Waals surface area contributed by atoms with Crippen LogP contribution in [0.25, 0.3) is 0 Å². The number of primary sulfonamides is 1. The van der Waals surface area contributed by atoms with Gasteiger partial charge in [-0.15, -0.1) is 0 Å². The van der Waals surface area contributed by atoms with E-state index in [1.807, 2.05) is 0 Å². The number of benzene rings is 2. The molecule has 0 aliphatic heterocycles. The van der Waals surface area contributed by atoms with Gasteiger partial charge in [0.15, 0.2) is 0 Å². The molecule has 2 aromatic rings. The van der Waals surface area contributed by atoms with Crippen molar-refractivity contribution in [3.63, 3.8) is 0 Å². The Morgan fingerprint density at radius 2 is 1.63 bits per heavy atom. The van der Waals surface area contributed by atoms with Gasteiger partial charge in [0.25, 0.3) is 0 Å². The maximum absolute atomic E-state index is 12.1. The second-order valence-corrected chi connectivity index (χ2v) is 8.31. The van der Waals surface area contributed by atoms with Crippen molar-refractivity contribution in [3.8, 4) is 11.5 Å². The molecule has 2 atom stereocenters. The van der Waals surface area contributed by atoms with Gasteiger partial charge in [-0.1, -0.05) is 6.42 Å². The monoisotopic (exact) mass is 389 g/mol. The molecule has 8 heteroatoms. The zero-order chi connectivity index (χ0) is 19.4. The number of ether oxygens (including phenoxy) is 1. The average molecular weight is 389 g/mol. The number of carbonyl (C=O) groups is 1. The molecular weight excluding hydrogens is 366 g/mol. The lowest BCUT2D eigenvalue weighted by Crippen LogP contribution is -2.28. The molecule has 0 aromatic heterocycles. The smallest absolute Gasteiger partial charge is 0.238 e. The van der Waals surface area contributed by atoms with Gasteiger partial charge in [-0.05, 0) is 67.3 Å². The van der Waals surface area contributed by atoms with E-state index < -0.39 is 10.0 Å². The minimum absolute atomic E-state index is 0.0230. The summed E-state index contributed by atoms with van der Waals surface area (Å²) in [5, 5.41) is 7.94. The molecular formula is C19H23N3O4S. The number of hydrogen-bond acceptors (Lipinski definition) is 5. The maximum Gasteiger partial charge on any atom is 0.238 e. The van der Waals surface area contributed by atoms with Crippen molar-refractivity contribution >= 4 is 21.6 Å². The number of rotatable bonds is 6. The Kier molecular flexibility index (Phi) is 5.79. The Labute approximate surface area is 158 Å². The lowest BCUT2D eigenvalue weighted by atomic mass is 10.00. The van der Waals surface area contributed by atoms with Crippen LogP contribution in [-0.2, 0) is 14.8 Å². The molecule has 144 valence electrons. The SMILES string of the molecule is N[C@@H]1CCC[C@H]1CC(=O)Nc1ccc(Oc2ccc(S(N)(=O)=O)cc2)cc1. The highest BCUT2D eigenvalue weighted by molar-refractivity contribution is 7.89. The number of hydrogen-bond donors (Lipinski definition) is 3. The maximum atomic E-state index is 12.1. The molecule has 1 amide bonds. The third kappa shape index (κ3) is 5.29. The summed E-state index contributed by atoms with van der Waals surface area (Å²) >= 11 is 0. The molecule has 2 aromatic carbocycles. The first-order chi connectivity index (χ1) is 12.8. The van der Waals surface area contributed by atoms with E-state index in [-0.39, 0.29) is 22.8 Å². The van der Waals surface area contributed by atoms with E-state index in [1.54, 1.807) is 24.3 Å². The lowest BCUT2D eigenvalue weighted by Gasteiger charge is -2.15. The highest BCUT2D eigenvalue weighted by Gasteiger charge is 2.25. The summed E-state index contributed by atoms with van der Waals surface area (Å²) in [6, 6.07) is 12.9. The Bertz CT molecular complexity index is 896. The van der Waals surface area contributed by atoms with Gasteiger partial charge in [0.05, 0.1) is 4.90 Å². The quantitative estimate of drug-likeness (QED) is 0.700. The van der Waals surface area contributed by atoms with Gasteiger partial charge in [0.2, 0.25) is 15.9 Å². The molecule has 0 saturated heterocycles. The van der Waals surface area contributed by atoms with E-state index in [2.05, 4.69) is 5.32 Å². The van der Waals surface area contributed by atoms with Gasteiger partial charge in [0.1, 0.15) is 11.5 Å². The Morgan fingerprint density at radius 1 is 1.04 bits per heavy atom. The molecule has 1 fully saturated rings. The minimum atomic E-state index is -3.73. The first-order valence-corrected chi connectivity index (χ1v) is 10.3. The van der Waals surface area contributed by atoms with Crippen LogP contribution in [0.4, 0.5) is 5.69 Å². The van der Waals surface area contributed by atoms with Gasteiger partial charge in [-0.3, -0.25) is 4.79 Å². The highest BCUT2D eigenvalue weighted by Crippen LogP contribution is 2.28. The number of sulfonamides is 1. The highest BCUT2D eigenvalue weighted by atomic mass is 32.2. The Morgan fingerprint density at radius 3 is 2.15 bits per heavy atom. The number of nitrogens with one attached hydrogen (secondary N) is 1. The van der Waals surface area contributed by atoms with Crippen LogP contribution < -0.4 is 20.9 Å². The number of carbonyl (C=O) groups excluding carboxylic acids is 1. The molecule has 0 heterocycles. The number of amides is 1. The second kappa shape index (κ2) is 8.08. The third-order valence-electron chi connectivity index (χ3n) is 4.69. The summed E-state index contributed by atoms with van der Waals surface area (Å²) < 4.78 is 28.2. The van der Waals surface area contributed by atoms with Crippen molar-refractivity contribution < 1.29 is 17.9 Å². The van der Waals surface area contributed by atoms with Gasteiger partial charge < -0.3 is 15.8 Å². The molecule has 1 saturated carbocycles. The van der Waals surface area contributed by atoms with Crippen LogP contribution in [0.3, 0.4) is 0 Å². The first kappa shape index (κ1) is 19.3. The molecule has 0 unspecified atom stereocenters. The summed E-state index contributed by atoms with van der Waals surface area (Å²) in [6.07, 6.45) is 3.52. The number of nitrogens with two attached hydrogens (primary N) is 2. The summed E-state index contributed by atoms with van der Waals surface area (Å²) in [5.74, 6) is 1.26. The third-order valence-corrected chi connectivity index (χ3v) is 5.62. The fraction of sp³-hybridized carbons (Fsp3) is 0.316. The van der Waals surface area contributed by atoms with Gasteiger partial charge >= 0.3 is 0 Å². The van der Waals surface area contributed by atoms with Crippen molar-refractivity contribution in [2.75, 3.05) is 5.32 Å². The fourth-order valence-corrected chi connectivity index (χ4v) is 3.72. The molecule has 3 rings (SSSR count). The van der Waals surface area contributed by atoms with Crippen molar-refractivity contribution in [1.82, 2.24) is 0 Å². The van der Waals surface area contributed by atoms with Crippen LogP contribution in [0.1, 0.15) is 25.7 Å². The number of anilines is 1. The van der Waals surface area contributed by atoms with E-state index >= 15 is 0 Å². The van der Waals surface area contributed by atoms with E-state index in [4.69, 9.17) is 15.6 Å². The predicted octanol–water partition coefficient (Wildman–Crippen LogP) is 2.58. The van der Waals surface area contributed by atoms with Crippen LogP contribution in [-0.4, -0.2) is 20.4 Å². The Hall–Kier alpha value is -2.42. The van der Waals surface area contributed by atoms with Crippen molar-refractivity contribution in [2.45, 2.75) is 36.6 Å². The first-order valence-electron chi connectivity index (χ1n) is 8.77. The molecule has 5 N–H and O–H groups in total. The molecule has 1 aliphatic carbocycles. The van der Waals surface area contributed by atoms with Gasteiger partial charge in [-0.2, -0.15) is 0 Å². The predicted molar refractivity (Wildman–Crippen MR) is 103 cm³/mol. The molecule has 1 aliphatic rings. The molecule has 7 nitrogen and oxygen atoms in total. The van der Waals surface area contributed by atoms with Crippen molar-refractivity contribution in [2.24, 2.45) is 16.8 Å². The van der Waals surface area contributed by atoms with Crippen LogP contribution in [0.15, 0.2) is 53.4 Å². The topological polar surface area (TPSA) is 125 Å². The minimum Gasteiger partial charge on any atom is -0.457 e. The van der Waals surface area contributed by atoms with Gasteiger partial charge in [0, 0.05) is 18.2 Å². The summed E-state index contributed by atoms with van der Waals surface area (Å²) in [6.45, 7) is 0. The van der Waals surface area contributed by atoms with Gasteiger partial charge in [-0.25, -0.2) is 13.6 Å². The van der Waals surface area contributed by atoms with E-state index in [0.717, 1.165) is 19.3 Å². The Balaban J connectivity index is 1.56. The normalized spacial score (nSPS) is 19.6. The fourth-order valence-electron chi connectivity index (χ4n) is 3.21. The van der Waals surface area contributed by atoms with Crippen LogP contribution >= 0.6 is 0 Å². The zero-order valence-electron chi connectivity index (χ0n) is 14.8. The second-order valence-electron chi connectivity index (χ2n) is 6.75. The summed E-state index contributed by atoms with van der Waals surface area (Å²) in [7, 11) is -3.73. The van der Waals surface area contributed by atoms with E-state index in [0.29, 0.717) is 23.6 Å². The van der Waals surface area contributed by atoms with Crippen LogP contribution in [0, 0.1) is 5.92 Å². The van der Waals surface area contributed by atoms with E-state index in [1.165, 1.54) is 24.3 Å².